The lowest BCUT2D eigenvalue weighted by molar-refractivity contribution is 0.227. The zero-order valence-electron chi connectivity index (χ0n) is 12.3. The van der Waals surface area contributed by atoms with Gasteiger partial charge in [-0.2, -0.15) is 0 Å². The summed E-state index contributed by atoms with van der Waals surface area (Å²) in [5.41, 5.74) is 1.59. The molecular weight excluding hydrogens is 242 g/mol. The summed E-state index contributed by atoms with van der Waals surface area (Å²) >= 11 is 6.06. The van der Waals surface area contributed by atoms with Crippen LogP contribution in [0.25, 0.3) is 0 Å². The molecule has 0 radical (unpaired) electrons. The van der Waals surface area contributed by atoms with Gasteiger partial charge in [0.25, 0.3) is 0 Å². The topological polar surface area (TPSA) is 12.0 Å². The SMILES string of the molecule is CCC(NCC(C)(C)C(C)C)c1cccc(Cl)c1. The van der Waals surface area contributed by atoms with Gasteiger partial charge in [0, 0.05) is 17.6 Å². The molecule has 1 aromatic rings. The van der Waals surface area contributed by atoms with Crippen molar-refractivity contribution in [1.29, 1.82) is 0 Å². The van der Waals surface area contributed by atoms with Crippen LogP contribution < -0.4 is 5.32 Å². The van der Waals surface area contributed by atoms with E-state index in [9.17, 15) is 0 Å². The highest BCUT2D eigenvalue weighted by molar-refractivity contribution is 6.30. The van der Waals surface area contributed by atoms with Crippen molar-refractivity contribution in [2.24, 2.45) is 11.3 Å². The summed E-state index contributed by atoms with van der Waals surface area (Å²) in [7, 11) is 0. The number of halogens is 1. The molecule has 18 heavy (non-hydrogen) atoms. The summed E-state index contributed by atoms with van der Waals surface area (Å²) in [5, 5.41) is 4.49. The molecule has 1 rings (SSSR count). The summed E-state index contributed by atoms with van der Waals surface area (Å²) in [6, 6.07) is 8.55. The van der Waals surface area contributed by atoms with Crippen molar-refractivity contribution in [2.45, 2.75) is 47.1 Å². The molecule has 0 aliphatic rings. The van der Waals surface area contributed by atoms with Gasteiger partial charge in [0.15, 0.2) is 0 Å². The molecular formula is C16H26ClN. The van der Waals surface area contributed by atoms with Gasteiger partial charge >= 0.3 is 0 Å². The molecule has 0 amide bonds. The molecule has 0 fully saturated rings. The largest absolute Gasteiger partial charge is 0.309 e. The Morgan fingerprint density at radius 2 is 1.94 bits per heavy atom. The van der Waals surface area contributed by atoms with Crippen LogP contribution in [0.2, 0.25) is 5.02 Å². The Balaban J connectivity index is 2.69. The van der Waals surface area contributed by atoms with Gasteiger partial charge in [-0.1, -0.05) is 58.4 Å². The molecule has 2 heteroatoms. The minimum atomic E-state index is 0.312. The standard InChI is InChI=1S/C16H26ClN/c1-6-15(13-8-7-9-14(17)10-13)18-11-16(4,5)12(2)3/h7-10,12,15,18H,6,11H2,1-5H3. The number of benzene rings is 1. The summed E-state index contributed by atoms with van der Waals surface area (Å²) in [4.78, 5) is 0. The molecule has 0 aliphatic carbocycles. The molecule has 0 bridgehead atoms. The van der Waals surface area contributed by atoms with Crippen molar-refractivity contribution >= 4 is 11.6 Å². The van der Waals surface area contributed by atoms with E-state index in [0.717, 1.165) is 18.0 Å². The van der Waals surface area contributed by atoms with Crippen LogP contribution in [0.1, 0.15) is 52.6 Å². The average molecular weight is 268 g/mol. The highest BCUT2D eigenvalue weighted by atomic mass is 35.5. The molecule has 0 saturated carbocycles. The average Bonchev–Trinajstić information content (AvgIpc) is 2.29. The van der Waals surface area contributed by atoms with Crippen molar-refractivity contribution < 1.29 is 0 Å². The third-order valence-corrected chi connectivity index (χ3v) is 4.26. The summed E-state index contributed by atoms with van der Waals surface area (Å²) in [6.45, 7) is 12.4. The first-order valence-electron chi connectivity index (χ1n) is 6.85. The molecule has 1 nitrogen and oxygen atoms in total. The number of rotatable bonds is 6. The summed E-state index contributed by atoms with van der Waals surface area (Å²) in [5.74, 6) is 0.668. The van der Waals surface area contributed by atoms with Crippen molar-refractivity contribution in [2.75, 3.05) is 6.54 Å². The predicted molar refractivity (Wildman–Crippen MR) is 81.1 cm³/mol. The van der Waals surface area contributed by atoms with Crippen LogP contribution in [0.15, 0.2) is 24.3 Å². The Morgan fingerprint density at radius 3 is 2.44 bits per heavy atom. The van der Waals surface area contributed by atoms with E-state index in [2.05, 4.69) is 52.1 Å². The minimum Gasteiger partial charge on any atom is -0.309 e. The van der Waals surface area contributed by atoms with Crippen molar-refractivity contribution in [3.63, 3.8) is 0 Å². The maximum absolute atomic E-state index is 6.06. The first-order chi connectivity index (χ1) is 8.36. The van der Waals surface area contributed by atoms with E-state index in [1.54, 1.807) is 0 Å². The summed E-state index contributed by atoms with van der Waals surface area (Å²) < 4.78 is 0. The fourth-order valence-electron chi connectivity index (χ4n) is 1.81. The van der Waals surface area contributed by atoms with E-state index in [0.29, 0.717) is 17.4 Å². The quantitative estimate of drug-likeness (QED) is 0.759. The monoisotopic (exact) mass is 267 g/mol. The number of hydrogen-bond donors (Lipinski definition) is 1. The van der Waals surface area contributed by atoms with Crippen LogP contribution >= 0.6 is 11.6 Å². The Kier molecular flexibility index (Phi) is 5.68. The molecule has 0 spiro atoms. The van der Waals surface area contributed by atoms with Crippen LogP contribution in [-0.4, -0.2) is 6.54 Å². The maximum Gasteiger partial charge on any atom is 0.0409 e. The number of hydrogen-bond acceptors (Lipinski definition) is 1. The second-order valence-electron chi connectivity index (χ2n) is 6.04. The third kappa shape index (κ3) is 4.29. The van der Waals surface area contributed by atoms with Gasteiger partial charge in [-0.15, -0.1) is 0 Å². The molecule has 0 heterocycles. The lowest BCUT2D eigenvalue weighted by atomic mass is 9.81. The van der Waals surface area contributed by atoms with Crippen molar-refractivity contribution in [3.8, 4) is 0 Å². The first kappa shape index (κ1) is 15.5. The molecule has 0 saturated heterocycles. The van der Waals surface area contributed by atoms with E-state index in [1.807, 2.05) is 12.1 Å². The summed E-state index contributed by atoms with van der Waals surface area (Å²) in [6.07, 6.45) is 1.08. The second-order valence-corrected chi connectivity index (χ2v) is 6.48. The zero-order valence-corrected chi connectivity index (χ0v) is 13.0. The smallest absolute Gasteiger partial charge is 0.0409 e. The van der Waals surface area contributed by atoms with E-state index in [4.69, 9.17) is 11.6 Å². The van der Waals surface area contributed by atoms with Gasteiger partial charge < -0.3 is 5.32 Å². The van der Waals surface area contributed by atoms with E-state index in [-0.39, 0.29) is 0 Å². The normalized spacial score (nSPS) is 13.9. The third-order valence-electron chi connectivity index (χ3n) is 4.03. The van der Waals surface area contributed by atoms with Gasteiger partial charge in [-0.05, 0) is 35.4 Å². The Labute approximate surface area is 117 Å². The van der Waals surface area contributed by atoms with E-state index in [1.165, 1.54) is 5.56 Å². The fourth-order valence-corrected chi connectivity index (χ4v) is 2.01. The molecule has 1 N–H and O–H groups in total. The molecule has 0 aliphatic heterocycles. The molecule has 1 aromatic carbocycles. The van der Waals surface area contributed by atoms with Crippen molar-refractivity contribution in [3.05, 3.63) is 34.9 Å². The maximum atomic E-state index is 6.06. The van der Waals surface area contributed by atoms with Gasteiger partial charge in [-0.25, -0.2) is 0 Å². The minimum absolute atomic E-state index is 0.312. The highest BCUT2D eigenvalue weighted by Crippen LogP contribution is 2.27. The zero-order chi connectivity index (χ0) is 13.8. The van der Waals surface area contributed by atoms with Crippen LogP contribution in [0.3, 0.4) is 0 Å². The predicted octanol–water partition coefficient (Wildman–Crippen LogP) is 5.06. The lowest BCUT2D eigenvalue weighted by Gasteiger charge is -2.32. The number of nitrogens with one attached hydrogen (secondary N) is 1. The van der Waals surface area contributed by atoms with Crippen LogP contribution in [-0.2, 0) is 0 Å². The van der Waals surface area contributed by atoms with Gasteiger partial charge in [-0.3, -0.25) is 0 Å². The Bertz CT molecular complexity index is 371. The van der Waals surface area contributed by atoms with Crippen molar-refractivity contribution in [1.82, 2.24) is 5.32 Å². The van der Waals surface area contributed by atoms with E-state index < -0.39 is 0 Å². The van der Waals surface area contributed by atoms with Gasteiger partial charge in [0.1, 0.15) is 0 Å². The molecule has 102 valence electrons. The lowest BCUT2D eigenvalue weighted by Crippen LogP contribution is -2.35. The Morgan fingerprint density at radius 1 is 1.28 bits per heavy atom. The fraction of sp³-hybridized carbons (Fsp3) is 0.625. The van der Waals surface area contributed by atoms with Crippen LogP contribution in [0, 0.1) is 11.3 Å². The first-order valence-corrected chi connectivity index (χ1v) is 7.23. The molecule has 0 aromatic heterocycles. The van der Waals surface area contributed by atoms with Gasteiger partial charge in [0.05, 0.1) is 0 Å². The van der Waals surface area contributed by atoms with Crippen LogP contribution in [0.5, 0.6) is 0 Å². The molecule has 1 atom stereocenters. The Hall–Kier alpha value is -0.530. The molecule has 1 unspecified atom stereocenters. The van der Waals surface area contributed by atoms with Gasteiger partial charge in [0.2, 0.25) is 0 Å². The second kappa shape index (κ2) is 6.58. The van der Waals surface area contributed by atoms with E-state index >= 15 is 0 Å². The van der Waals surface area contributed by atoms with Crippen LogP contribution in [0.4, 0.5) is 0 Å². The highest BCUT2D eigenvalue weighted by Gasteiger charge is 2.23.